The molecule has 0 spiro atoms. The van der Waals surface area contributed by atoms with Crippen LogP contribution in [0.15, 0.2) is 48.5 Å². The molecule has 0 aliphatic rings. The molecule has 0 aliphatic carbocycles. The van der Waals surface area contributed by atoms with Crippen molar-refractivity contribution in [1.82, 2.24) is 0 Å². The van der Waals surface area contributed by atoms with Crippen molar-refractivity contribution in [3.05, 3.63) is 59.9 Å². The Morgan fingerprint density at radius 3 is 2.48 bits per heavy atom. The number of anilines is 1. The zero-order valence-corrected chi connectivity index (χ0v) is 12.6. The van der Waals surface area contributed by atoms with E-state index in [1.165, 1.54) is 11.6 Å². The topological polar surface area (TPSA) is 21.3 Å². The van der Waals surface area contributed by atoms with E-state index in [4.69, 9.17) is 4.74 Å². The van der Waals surface area contributed by atoms with Gasteiger partial charge in [0.15, 0.2) is 11.6 Å². The molecule has 0 bridgehead atoms. The monoisotopic (exact) mass is 287 g/mol. The van der Waals surface area contributed by atoms with Crippen LogP contribution in [0.2, 0.25) is 0 Å². The van der Waals surface area contributed by atoms with Crippen molar-refractivity contribution in [2.24, 2.45) is 0 Å². The van der Waals surface area contributed by atoms with Gasteiger partial charge in [-0.05, 0) is 31.0 Å². The minimum atomic E-state index is -0.329. The first-order valence-corrected chi connectivity index (χ1v) is 7.48. The molecular weight excluding hydrogens is 265 g/mol. The summed E-state index contributed by atoms with van der Waals surface area (Å²) in [5, 5.41) is 3.41. The Bertz CT molecular complexity index is 556. The van der Waals surface area contributed by atoms with Gasteiger partial charge in [0.1, 0.15) is 0 Å². The molecule has 21 heavy (non-hydrogen) atoms. The molecular formula is C18H22FNO. The maximum atomic E-state index is 13.9. The highest BCUT2D eigenvalue weighted by Gasteiger charge is 2.11. The molecule has 0 aromatic heterocycles. The molecule has 0 aliphatic heterocycles. The third-order valence-corrected chi connectivity index (χ3v) is 3.35. The van der Waals surface area contributed by atoms with Crippen molar-refractivity contribution >= 4 is 5.69 Å². The number of ether oxygens (including phenoxy) is 1. The van der Waals surface area contributed by atoms with Gasteiger partial charge in [-0.15, -0.1) is 0 Å². The lowest BCUT2D eigenvalue weighted by atomic mass is 10.0. The van der Waals surface area contributed by atoms with Gasteiger partial charge < -0.3 is 10.1 Å². The molecule has 1 unspecified atom stereocenters. The zero-order valence-electron chi connectivity index (χ0n) is 12.6. The van der Waals surface area contributed by atoms with Gasteiger partial charge in [0.05, 0.1) is 12.6 Å². The van der Waals surface area contributed by atoms with Crippen LogP contribution in [0.4, 0.5) is 10.1 Å². The minimum absolute atomic E-state index is 0.188. The van der Waals surface area contributed by atoms with Crippen LogP contribution in [0.25, 0.3) is 0 Å². The van der Waals surface area contributed by atoms with Gasteiger partial charge in [-0.3, -0.25) is 0 Å². The average molecular weight is 287 g/mol. The molecule has 1 N–H and O–H groups in total. The number of nitrogens with one attached hydrogen (secondary N) is 1. The van der Waals surface area contributed by atoms with Crippen LogP contribution in [-0.4, -0.2) is 6.61 Å². The molecule has 2 aromatic rings. The van der Waals surface area contributed by atoms with E-state index in [1.54, 1.807) is 6.07 Å². The van der Waals surface area contributed by atoms with Crippen molar-refractivity contribution in [2.75, 3.05) is 11.9 Å². The van der Waals surface area contributed by atoms with Gasteiger partial charge in [0.25, 0.3) is 0 Å². The van der Waals surface area contributed by atoms with Gasteiger partial charge in [0, 0.05) is 11.8 Å². The van der Waals surface area contributed by atoms with E-state index < -0.39 is 0 Å². The number of halogens is 1. The summed E-state index contributed by atoms with van der Waals surface area (Å²) in [7, 11) is 0. The summed E-state index contributed by atoms with van der Waals surface area (Å²) in [6, 6.07) is 15.5. The lowest BCUT2D eigenvalue weighted by molar-refractivity contribution is 0.321. The van der Waals surface area contributed by atoms with Crippen LogP contribution in [0.3, 0.4) is 0 Å². The first-order chi connectivity index (χ1) is 10.2. The summed E-state index contributed by atoms with van der Waals surface area (Å²) in [5.41, 5.74) is 1.99. The van der Waals surface area contributed by atoms with E-state index in [0.29, 0.717) is 12.4 Å². The highest BCUT2D eigenvalue weighted by molar-refractivity contribution is 5.49. The van der Waals surface area contributed by atoms with Gasteiger partial charge in [-0.2, -0.15) is 0 Å². The second-order valence-electron chi connectivity index (χ2n) is 4.97. The Morgan fingerprint density at radius 2 is 1.86 bits per heavy atom. The predicted octanol–water partition coefficient (Wildman–Crippen LogP) is 5.18. The number of benzene rings is 2. The first kappa shape index (κ1) is 15.4. The van der Waals surface area contributed by atoms with Crippen molar-refractivity contribution in [3.8, 4) is 5.75 Å². The second kappa shape index (κ2) is 7.67. The summed E-state index contributed by atoms with van der Waals surface area (Å²) in [5.74, 6) is -0.0278. The number of hydrogen-bond donors (Lipinski definition) is 1. The summed E-state index contributed by atoms with van der Waals surface area (Å²) in [6.45, 7) is 4.46. The molecule has 2 nitrogen and oxygen atoms in total. The van der Waals surface area contributed by atoms with Crippen molar-refractivity contribution in [2.45, 2.75) is 32.7 Å². The van der Waals surface area contributed by atoms with Crippen molar-refractivity contribution in [1.29, 1.82) is 0 Å². The Balaban J connectivity index is 2.15. The van der Waals surface area contributed by atoms with E-state index in [2.05, 4.69) is 24.4 Å². The summed E-state index contributed by atoms with van der Waals surface area (Å²) in [6.07, 6.45) is 2.06. The van der Waals surface area contributed by atoms with Crippen LogP contribution in [0.5, 0.6) is 5.75 Å². The standard InChI is InChI=1S/C18H22FNO/c1-3-8-17(14-9-6-5-7-10-14)20-15-11-12-18(21-4-2)16(19)13-15/h5-7,9-13,17,20H,3-4,8H2,1-2H3. The first-order valence-electron chi connectivity index (χ1n) is 7.48. The fourth-order valence-electron chi connectivity index (χ4n) is 2.36. The summed E-state index contributed by atoms with van der Waals surface area (Å²) in [4.78, 5) is 0. The van der Waals surface area contributed by atoms with Crippen LogP contribution < -0.4 is 10.1 Å². The zero-order chi connectivity index (χ0) is 15.1. The van der Waals surface area contributed by atoms with Gasteiger partial charge >= 0.3 is 0 Å². The molecule has 0 heterocycles. The Kier molecular flexibility index (Phi) is 5.61. The molecule has 1 atom stereocenters. The second-order valence-corrected chi connectivity index (χ2v) is 4.97. The lowest BCUT2D eigenvalue weighted by Gasteiger charge is -2.20. The van der Waals surface area contributed by atoms with Gasteiger partial charge in [-0.25, -0.2) is 4.39 Å². The third kappa shape index (κ3) is 4.22. The SMILES string of the molecule is CCCC(Nc1ccc(OCC)c(F)c1)c1ccccc1. The van der Waals surface area contributed by atoms with Crippen LogP contribution in [0.1, 0.15) is 38.3 Å². The van der Waals surface area contributed by atoms with Gasteiger partial charge in [0.2, 0.25) is 0 Å². The van der Waals surface area contributed by atoms with E-state index in [0.717, 1.165) is 18.5 Å². The molecule has 2 rings (SSSR count). The van der Waals surface area contributed by atoms with E-state index in [9.17, 15) is 4.39 Å². The average Bonchev–Trinajstić information content (AvgIpc) is 2.50. The Labute approximate surface area is 126 Å². The molecule has 2 aromatic carbocycles. The molecule has 3 heteroatoms. The summed E-state index contributed by atoms with van der Waals surface area (Å²) < 4.78 is 19.1. The third-order valence-electron chi connectivity index (χ3n) is 3.35. The molecule has 0 saturated heterocycles. The summed E-state index contributed by atoms with van der Waals surface area (Å²) >= 11 is 0. The van der Waals surface area contributed by atoms with E-state index >= 15 is 0 Å². The fourth-order valence-corrected chi connectivity index (χ4v) is 2.36. The van der Waals surface area contributed by atoms with Crippen LogP contribution in [-0.2, 0) is 0 Å². The van der Waals surface area contributed by atoms with Crippen LogP contribution in [0, 0.1) is 5.82 Å². The van der Waals surface area contributed by atoms with E-state index in [1.807, 2.05) is 31.2 Å². The minimum Gasteiger partial charge on any atom is -0.491 e. The lowest BCUT2D eigenvalue weighted by Crippen LogP contribution is -2.10. The Hall–Kier alpha value is -2.03. The Morgan fingerprint density at radius 1 is 1.10 bits per heavy atom. The molecule has 0 saturated carbocycles. The molecule has 0 radical (unpaired) electrons. The maximum absolute atomic E-state index is 13.9. The molecule has 0 fully saturated rings. The maximum Gasteiger partial charge on any atom is 0.167 e. The predicted molar refractivity (Wildman–Crippen MR) is 85.3 cm³/mol. The van der Waals surface area contributed by atoms with Crippen LogP contribution >= 0.6 is 0 Å². The molecule has 112 valence electrons. The normalized spacial score (nSPS) is 12.0. The highest BCUT2D eigenvalue weighted by atomic mass is 19.1. The molecule has 0 amide bonds. The van der Waals surface area contributed by atoms with Crippen molar-refractivity contribution in [3.63, 3.8) is 0 Å². The largest absolute Gasteiger partial charge is 0.491 e. The van der Waals surface area contributed by atoms with E-state index in [-0.39, 0.29) is 11.9 Å². The highest BCUT2D eigenvalue weighted by Crippen LogP contribution is 2.27. The van der Waals surface area contributed by atoms with Gasteiger partial charge in [-0.1, -0.05) is 43.7 Å². The fraction of sp³-hybridized carbons (Fsp3) is 0.333. The quantitative estimate of drug-likeness (QED) is 0.757. The number of rotatable bonds is 7. The number of hydrogen-bond acceptors (Lipinski definition) is 2. The smallest absolute Gasteiger partial charge is 0.167 e. The van der Waals surface area contributed by atoms with Crippen molar-refractivity contribution < 1.29 is 9.13 Å².